The number of carbonyl (C=O) groups is 2. The van der Waals surface area contributed by atoms with Crippen molar-refractivity contribution in [2.45, 2.75) is 38.5 Å². The maximum absolute atomic E-state index is 12.5. The van der Waals surface area contributed by atoms with E-state index in [0.29, 0.717) is 26.3 Å². The summed E-state index contributed by atoms with van der Waals surface area (Å²) < 4.78 is 11.1. The lowest BCUT2D eigenvalue weighted by atomic mass is 9.97. The van der Waals surface area contributed by atoms with E-state index in [1.54, 1.807) is 0 Å². The standard InChI is InChI=1S/C28H40N2O4/c1-5-25(23-13-9-7-10-14-23)27(31)33-21-19-29(3)17-18-30(4)20-22-34-28(32)26(6-2)24-15-11-8-12-16-24/h7-16,25-26H,5-6,17-22H2,1-4H3. The van der Waals surface area contributed by atoms with Gasteiger partial charge in [0.2, 0.25) is 0 Å². The van der Waals surface area contributed by atoms with Crippen molar-refractivity contribution in [2.24, 2.45) is 0 Å². The maximum atomic E-state index is 12.5. The molecule has 0 N–H and O–H groups in total. The Labute approximate surface area is 204 Å². The van der Waals surface area contributed by atoms with E-state index in [0.717, 1.165) is 37.1 Å². The predicted molar refractivity (Wildman–Crippen MR) is 136 cm³/mol. The fraction of sp³-hybridized carbons (Fsp3) is 0.500. The highest BCUT2D eigenvalue weighted by Gasteiger charge is 2.21. The van der Waals surface area contributed by atoms with Crippen molar-refractivity contribution < 1.29 is 19.1 Å². The van der Waals surface area contributed by atoms with Crippen LogP contribution in [0.3, 0.4) is 0 Å². The van der Waals surface area contributed by atoms with Crippen LogP contribution in [0.25, 0.3) is 0 Å². The molecule has 0 saturated carbocycles. The van der Waals surface area contributed by atoms with E-state index in [9.17, 15) is 9.59 Å². The summed E-state index contributed by atoms with van der Waals surface area (Å²) in [5.41, 5.74) is 2.00. The molecule has 6 heteroatoms. The lowest BCUT2D eigenvalue weighted by molar-refractivity contribution is -0.147. The highest BCUT2D eigenvalue weighted by atomic mass is 16.5. The molecule has 0 aliphatic carbocycles. The molecular formula is C28H40N2O4. The molecule has 34 heavy (non-hydrogen) atoms. The van der Waals surface area contributed by atoms with Crippen LogP contribution in [-0.4, -0.2) is 75.2 Å². The smallest absolute Gasteiger partial charge is 0.313 e. The lowest BCUT2D eigenvalue weighted by Gasteiger charge is -2.22. The third-order valence-corrected chi connectivity index (χ3v) is 6.09. The largest absolute Gasteiger partial charge is 0.464 e. The number of likely N-dealkylation sites (N-methyl/N-ethyl adjacent to an activating group) is 2. The summed E-state index contributed by atoms with van der Waals surface area (Å²) in [6.45, 7) is 7.77. The van der Waals surface area contributed by atoms with Gasteiger partial charge in [0.15, 0.2) is 0 Å². The summed E-state index contributed by atoms with van der Waals surface area (Å²) in [6, 6.07) is 19.6. The number of esters is 2. The van der Waals surface area contributed by atoms with E-state index < -0.39 is 0 Å². The zero-order valence-corrected chi connectivity index (χ0v) is 21.1. The summed E-state index contributed by atoms with van der Waals surface area (Å²) in [4.78, 5) is 29.2. The van der Waals surface area contributed by atoms with Crippen molar-refractivity contribution >= 4 is 11.9 Å². The lowest BCUT2D eigenvalue weighted by Crippen LogP contribution is -2.35. The van der Waals surface area contributed by atoms with Crippen molar-refractivity contribution in [3.63, 3.8) is 0 Å². The van der Waals surface area contributed by atoms with Gasteiger partial charge in [0.1, 0.15) is 13.2 Å². The second kappa shape index (κ2) is 15.3. The van der Waals surface area contributed by atoms with Crippen LogP contribution in [-0.2, 0) is 19.1 Å². The molecule has 0 spiro atoms. The quantitative estimate of drug-likeness (QED) is 0.363. The molecule has 6 nitrogen and oxygen atoms in total. The Morgan fingerprint density at radius 3 is 1.32 bits per heavy atom. The van der Waals surface area contributed by atoms with Crippen molar-refractivity contribution in [1.29, 1.82) is 0 Å². The molecule has 2 atom stereocenters. The first-order valence-corrected chi connectivity index (χ1v) is 12.3. The number of rotatable bonds is 15. The Kier molecular flexibility index (Phi) is 12.4. The van der Waals surface area contributed by atoms with E-state index in [4.69, 9.17) is 9.47 Å². The number of carbonyl (C=O) groups excluding carboxylic acids is 2. The summed E-state index contributed by atoms with van der Waals surface area (Å²) >= 11 is 0. The van der Waals surface area contributed by atoms with E-state index in [1.165, 1.54) is 0 Å². The maximum Gasteiger partial charge on any atom is 0.313 e. The van der Waals surface area contributed by atoms with Gasteiger partial charge in [0, 0.05) is 26.2 Å². The van der Waals surface area contributed by atoms with E-state index in [2.05, 4.69) is 9.80 Å². The van der Waals surface area contributed by atoms with Crippen LogP contribution >= 0.6 is 0 Å². The monoisotopic (exact) mass is 468 g/mol. The molecule has 2 aromatic rings. The number of nitrogens with zero attached hydrogens (tertiary/aromatic N) is 2. The van der Waals surface area contributed by atoms with Crippen molar-refractivity contribution in [3.05, 3.63) is 71.8 Å². The Balaban J connectivity index is 1.62. The van der Waals surface area contributed by atoms with Crippen LogP contribution < -0.4 is 0 Å². The summed E-state index contributed by atoms with van der Waals surface area (Å²) in [5.74, 6) is -0.757. The molecule has 0 amide bonds. The minimum absolute atomic E-state index is 0.165. The highest BCUT2D eigenvalue weighted by Crippen LogP contribution is 2.21. The Morgan fingerprint density at radius 2 is 1.00 bits per heavy atom. The Hall–Kier alpha value is -2.70. The topological polar surface area (TPSA) is 59.1 Å². The van der Waals surface area contributed by atoms with Gasteiger partial charge in [-0.05, 0) is 38.1 Å². The van der Waals surface area contributed by atoms with Crippen LogP contribution in [0.15, 0.2) is 60.7 Å². The highest BCUT2D eigenvalue weighted by molar-refractivity contribution is 5.78. The Morgan fingerprint density at radius 1 is 0.647 bits per heavy atom. The van der Waals surface area contributed by atoms with Crippen molar-refractivity contribution in [1.82, 2.24) is 9.80 Å². The summed E-state index contributed by atoms with van der Waals surface area (Å²) in [5, 5.41) is 0. The van der Waals surface area contributed by atoms with Gasteiger partial charge in [-0.1, -0.05) is 74.5 Å². The molecule has 0 aromatic heterocycles. The molecule has 0 aliphatic heterocycles. The molecule has 0 aliphatic rings. The minimum atomic E-state index is -0.213. The van der Waals surface area contributed by atoms with Gasteiger partial charge in [-0.3, -0.25) is 9.59 Å². The number of ether oxygens (including phenoxy) is 2. The first kappa shape index (κ1) is 27.5. The van der Waals surface area contributed by atoms with Gasteiger partial charge in [-0.2, -0.15) is 0 Å². The fourth-order valence-corrected chi connectivity index (χ4v) is 3.82. The number of hydrogen-bond acceptors (Lipinski definition) is 6. The molecular weight excluding hydrogens is 428 g/mol. The second-order valence-electron chi connectivity index (χ2n) is 8.68. The normalized spacial score (nSPS) is 13.0. The van der Waals surface area contributed by atoms with Crippen LogP contribution in [0.2, 0.25) is 0 Å². The predicted octanol–water partition coefficient (Wildman–Crippen LogP) is 4.32. The van der Waals surface area contributed by atoms with Gasteiger partial charge in [-0.25, -0.2) is 0 Å². The molecule has 186 valence electrons. The summed E-state index contributed by atoms with van der Waals surface area (Å²) in [7, 11) is 4.03. The van der Waals surface area contributed by atoms with Gasteiger partial charge in [-0.15, -0.1) is 0 Å². The molecule has 2 aromatic carbocycles. The first-order chi connectivity index (χ1) is 16.5. The number of benzene rings is 2. The number of hydrogen-bond donors (Lipinski definition) is 0. The third kappa shape index (κ3) is 9.27. The SMILES string of the molecule is CCC(C(=O)OCCN(C)CCN(C)CCOC(=O)C(CC)c1ccccc1)c1ccccc1. The van der Waals surface area contributed by atoms with E-state index in [1.807, 2.05) is 88.6 Å². The van der Waals surface area contributed by atoms with E-state index in [-0.39, 0.29) is 23.8 Å². The van der Waals surface area contributed by atoms with Crippen LogP contribution in [0, 0.1) is 0 Å². The molecule has 0 heterocycles. The van der Waals surface area contributed by atoms with Gasteiger partial charge < -0.3 is 19.3 Å². The van der Waals surface area contributed by atoms with Gasteiger partial charge in [0.25, 0.3) is 0 Å². The first-order valence-electron chi connectivity index (χ1n) is 12.3. The average molecular weight is 469 g/mol. The van der Waals surface area contributed by atoms with Crippen LogP contribution in [0.5, 0.6) is 0 Å². The molecule has 0 fully saturated rings. The van der Waals surface area contributed by atoms with Crippen molar-refractivity contribution in [2.75, 3.05) is 53.5 Å². The van der Waals surface area contributed by atoms with Crippen LogP contribution in [0.4, 0.5) is 0 Å². The van der Waals surface area contributed by atoms with Gasteiger partial charge in [0.05, 0.1) is 11.8 Å². The van der Waals surface area contributed by atoms with Gasteiger partial charge >= 0.3 is 11.9 Å². The molecule has 0 bridgehead atoms. The summed E-state index contributed by atoms with van der Waals surface area (Å²) in [6.07, 6.45) is 1.44. The molecule has 2 unspecified atom stereocenters. The Bertz CT molecular complexity index is 772. The fourth-order valence-electron chi connectivity index (χ4n) is 3.82. The van der Waals surface area contributed by atoms with Crippen LogP contribution in [0.1, 0.15) is 49.7 Å². The van der Waals surface area contributed by atoms with E-state index >= 15 is 0 Å². The van der Waals surface area contributed by atoms with Crippen molar-refractivity contribution in [3.8, 4) is 0 Å². The zero-order valence-electron chi connectivity index (χ0n) is 21.1. The molecule has 0 radical (unpaired) electrons. The zero-order chi connectivity index (χ0) is 24.8. The third-order valence-electron chi connectivity index (χ3n) is 6.09. The molecule has 2 rings (SSSR count). The molecule has 0 saturated heterocycles. The average Bonchev–Trinajstić information content (AvgIpc) is 2.85. The second-order valence-corrected chi connectivity index (χ2v) is 8.68. The minimum Gasteiger partial charge on any atom is -0.464 e.